The highest BCUT2D eigenvalue weighted by Crippen LogP contribution is 2.31. The lowest BCUT2D eigenvalue weighted by atomic mass is 10.2. The summed E-state index contributed by atoms with van der Waals surface area (Å²) < 4.78 is 52.9. The standard InChI is InChI=1S/C18H15F4N5O2S/c19-12-2-1-10(3-13(12)20)24-6-15-26-14(8-30-15)17(29)25-7-16(28)27-9-18(21,22)4-11(27)5-23/h1-3,8,11,24H,4,6-7,9H2,(H,25,29)/t11-/m0/s1. The zero-order chi connectivity index (χ0) is 21.9. The van der Waals surface area contributed by atoms with Crippen LogP contribution in [0.1, 0.15) is 21.9 Å². The normalized spacial score (nSPS) is 17.4. The Morgan fingerprint density at radius 3 is 2.80 bits per heavy atom. The Hall–Kier alpha value is -3.20. The molecular weight excluding hydrogens is 426 g/mol. The average Bonchev–Trinajstić information content (AvgIpc) is 3.30. The van der Waals surface area contributed by atoms with Gasteiger partial charge in [-0.1, -0.05) is 0 Å². The van der Waals surface area contributed by atoms with Crippen LogP contribution in [0.4, 0.5) is 23.2 Å². The summed E-state index contributed by atoms with van der Waals surface area (Å²) >= 11 is 1.13. The van der Waals surface area contributed by atoms with Crippen molar-refractivity contribution in [3.05, 3.63) is 45.9 Å². The largest absolute Gasteiger partial charge is 0.378 e. The number of likely N-dealkylation sites (tertiary alicyclic amines) is 1. The molecule has 0 spiro atoms. The Morgan fingerprint density at radius 1 is 1.33 bits per heavy atom. The van der Waals surface area contributed by atoms with Crippen molar-refractivity contribution < 1.29 is 27.2 Å². The van der Waals surface area contributed by atoms with Gasteiger partial charge in [0.1, 0.15) is 16.7 Å². The summed E-state index contributed by atoms with van der Waals surface area (Å²) in [4.78, 5) is 29.1. The number of thiazole rings is 1. The lowest BCUT2D eigenvalue weighted by Crippen LogP contribution is -2.43. The van der Waals surface area contributed by atoms with E-state index in [0.717, 1.165) is 28.4 Å². The van der Waals surface area contributed by atoms with Gasteiger partial charge in [0.25, 0.3) is 11.8 Å². The number of carbonyl (C=O) groups excluding carboxylic acids is 2. The number of aromatic nitrogens is 1. The molecule has 1 aromatic heterocycles. The first-order chi connectivity index (χ1) is 14.2. The first kappa shape index (κ1) is 21.5. The van der Waals surface area contributed by atoms with E-state index in [4.69, 9.17) is 5.26 Å². The van der Waals surface area contributed by atoms with Gasteiger partial charge in [0, 0.05) is 23.6 Å². The van der Waals surface area contributed by atoms with E-state index < -0.39 is 54.9 Å². The lowest BCUT2D eigenvalue weighted by molar-refractivity contribution is -0.131. The predicted molar refractivity (Wildman–Crippen MR) is 98.8 cm³/mol. The van der Waals surface area contributed by atoms with Gasteiger partial charge >= 0.3 is 0 Å². The van der Waals surface area contributed by atoms with Gasteiger partial charge in [-0.3, -0.25) is 9.59 Å². The second-order valence-corrected chi connectivity index (χ2v) is 7.46. The topological polar surface area (TPSA) is 98.1 Å². The first-order valence-electron chi connectivity index (χ1n) is 8.67. The molecule has 0 bridgehead atoms. The van der Waals surface area contributed by atoms with Crippen LogP contribution >= 0.6 is 11.3 Å². The summed E-state index contributed by atoms with van der Waals surface area (Å²) in [7, 11) is 0. The molecule has 1 saturated heterocycles. The summed E-state index contributed by atoms with van der Waals surface area (Å²) in [5, 5.41) is 16.0. The molecule has 158 valence electrons. The van der Waals surface area contributed by atoms with E-state index in [1.54, 1.807) is 6.07 Å². The van der Waals surface area contributed by atoms with Crippen LogP contribution in [-0.4, -0.2) is 46.8 Å². The van der Waals surface area contributed by atoms with Gasteiger partial charge in [-0.05, 0) is 12.1 Å². The zero-order valence-corrected chi connectivity index (χ0v) is 16.1. The van der Waals surface area contributed by atoms with E-state index in [2.05, 4.69) is 15.6 Å². The SMILES string of the molecule is N#C[C@@H]1CC(F)(F)CN1C(=O)CNC(=O)c1csc(CNc2ccc(F)c(F)c2)n1. The number of carbonyl (C=O) groups is 2. The van der Waals surface area contributed by atoms with Crippen LogP contribution in [0.15, 0.2) is 23.6 Å². The fourth-order valence-electron chi connectivity index (χ4n) is 2.82. The Morgan fingerprint density at radius 2 is 2.10 bits per heavy atom. The van der Waals surface area contributed by atoms with Gasteiger partial charge < -0.3 is 15.5 Å². The minimum absolute atomic E-state index is 0.0125. The molecule has 2 amide bonds. The van der Waals surface area contributed by atoms with Crippen molar-refractivity contribution in [3.8, 4) is 6.07 Å². The quantitative estimate of drug-likeness (QED) is 0.672. The number of nitrogens with zero attached hydrogens (tertiary/aromatic N) is 3. The predicted octanol–water partition coefficient (Wildman–Crippen LogP) is 2.52. The number of hydrogen-bond acceptors (Lipinski definition) is 6. The molecule has 0 aliphatic carbocycles. The second kappa shape index (κ2) is 8.66. The third-order valence-electron chi connectivity index (χ3n) is 4.29. The van der Waals surface area contributed by atoms with Crippen LogP contribution in [0.2, 0.25) is 0 Å². The van der Waals surface area contributed by atoms with Crippen LogP contribution in [0.5, 0.6) is 0 Å². The fraction of sp³-hybridized carbons (Fsp3) is 0.333. The maximum absolute atomic E-state index is 13.4. The van der Waals surface area contributed by atoms with Crippen LogP contribution in [0, 0.1) is 23.0 Å². The highest BCUT2D eigenvalue weighted by Gasteiger charge is 2.47. The van der Waals surface area contributed by atoms with Crippen LogP contribution in [0.3, 0.4) is 0 Å². The molecule has 1 aromatic carbocycles. The molecule has 0 radical (unpaired) electrons. The van der Waals surface area contributed by atoms with Crippen LogP contribution in [-0.2, 0) is 11.3 Å². The Bertz CT molecular complexity index is 1010. The average molecular weight is 441 g/mol. The van der Waals surface area contributed by atoms with E-state index in [-0.39, 0.29) is 12.2 Å². The number of nitrogens with one attached hydrogen (secondary N) is 2. The van der Waals surface area contributed by atoms with Crippen molar-refractivity contribution in [2.75, 3.05) is 18.4 Å². The smallest absolute Gasteiger partial charge is 0.271 e. The summed E-state index contributed by atoms with van der Waals surface area (Å²) in [5.41, 5.74) is 0.341. The molecule has 1 fully saturated rings. The molecule has 12 heteroatoms. The molecule has 1 aliphatic heterocycles. The van der Waals surface area contributed by atoms with Crippen LogP contribution < -0.4 is 10.6 Å². The summed E-state index contributed by atoms with van der Waals surface area (Å²) in [6, 6.07) is 3.73. The van der Waals surface area contributed by atoms with Crippen molar-refractivity contribution in [1.29, 1.82) is 5.26 Å². The van der Waals surface area contributed by atoms with E-state index in [9.17, 15) is 27.2 Å². The minimum atomic E-state index is -3.13. The molecule has 3 rings (SSSR count). The van der Waals surface area contributed by atoms with Crippen molar-refractivity contribution in [2.24, 2.45) is 0 Å². The zero-order valence-electron chi connectivity index (χ0n) is 15.3. The Kier molecular flexibility index (Phi) is 6.21. The lowest BCUT2D eigenvalue weighted by Gasteiger charge is -2.19. The molecule has 7 nitrogen and oxygen atoms in total. The molecular formula is C18H15F4N5O2S. The summed E-state index contributed by atoms with van der Waals surface area (Å²) in [6.45, 7) is -1.27. The van der Waals surface area contributed by atoms with Crippen molar-refractivity contribution in [1.82, 2.24) is 15.2 Å². The van der Waals surface area contributed by atoms with Crippen LogP contribution in [0.25, 0.3) is 0 Å². The number of rotatable bonds is 6. The third-order valence-corrected chi connectivity index (χ3v) is 5.14. The minimum Gasteiger partial charge on any atom is -0.378 e. The number of nitriles is 1. The van der Waals surface area contributed by atoms with Gasteiger partial charge in [0.15, 0.2) is 11.6 Å². The molecule has 30 heavy (non-hydrogen) atoms. The Balaban J connectivity index is 1.52. The highest BCUT2D eigenvalue weighted by atomic mass is 32.1. The van der Waals surface area contributed by atoms with Gasteiger partial charge in [-0.2, -0.15) is 5.26 Å². The molecule has 2 heterocycles. The molecule has 2 N–H and O–H groups in total. The highest BCUT2D eigenvalue weighted by molar-refractivity contribution is 7.09. The maximum atomic E-state index is 13.4. The van der Waals surface area contributed by atoms with E-state index >= 15 is 0 Å². The van der Waals surface area contributed by atoms with Crippen molar-refractivity contribution >= 4 is 28.8 Å². The van der Waals surface area contributed by atoms with E-state index in [0.29, 0.717) is 10.7 Å². The summed E-state index contributed by atoms with van der Waals surface area (Å²) in [5.74, 6) is -6.58. The first-order valence-corrected chi connectivity index (χ1v) is 9.55. The van der Waals surface area contributed by atoms with Gasteiger partial charge in [0.05, 0.1) is 25.7 Å². The number of benzene rings is 1. The molecule has 2 aromatic rings. The van der Waals surface area contributed by atoms with E-state index in [1.165, 1.54) is 11.4 Å². The monoisotopic (exact) mass is 441 g/mol. The van der Waals surface area contributed by atoms with Gasteiger partial charge in [-0.25, -0.2) is 22.5 Å². The fourth-order valence-corrected chi connectivity index (χ4v) is 3.54. The number of alkyl halides is 2. The van der Waals surface area contributed by atoms with Gasteiger partial charge in [0.2, 0.25) is 5.91 Å². The van der Waals surface area contributed by atoms with Gasteiger partial charge in [-0.15, -0.1) is 11.3 Å². The molecule has 0 saturated carbocycles. The number of amides is 2. The number of halogens is 4. The van der Waals surface area contributed by atoms with E-state index in [1.807, 2.05) is 0 Å². The number of hydrogen-bond donors (Lipinski definition) is 2. The van der Waals surface area contributed by atoms with Crippen molar-refractivity contribution in [3.63, 3.8) is 0 Å². The number of anilines is 1. The maximum Gasteiger partial charge on any atom is 0.271 e. The third kappa shape index (κ3) is 5.04. The summed E-state index contributed by atoms with van der Waals surface area (Å²) in [6.07, 6.45) is -0.733. The second-order valence-electron chi connectivity index (χ2n) is 6.52. The molecule has 1 aliphatic rings. The Labute approximate surface area is 172 Å². The van der Waals surface area contributed by atoms with Crippen molar-refractivity contribution in [2.45, 2.75) is 24.9 Å². The molecule has 0 unspecified atom stereocenters. The molecule has 1 atom stereocenters.